The molecule has 0 fully saturated rings. The average Bonchev–Trinajstić information content (AvgIpc) is 3.26. The van der Waals surface area contributed by atoms with Crippen LogP contribution in [-0.2, 0) is 4.79 Å². The van der Waals surface area contributed by atoms with Crippen LogP contribution >= 0.6 is 27.7 Å². The van der Waals surface area contributed by atoms with Gasteiger partial charge in [0, 0.05) is 6.04 Å². The number of carbonyl (C=O) groups is 1. The van der Waals surface area contributed by atoms with Crippen LogP contribution in [0.25, 0.3) is 11.6 Å². The van der Waals surface area contributed by atoms with E-state index in [0.29, 0.717) is 21.4 Å². The average molecular weight is 449 g/mol. The molecule has 2 aromatic heterocycles. The summed E-state index contributed by atoms with van der Waals surface area (Å²) in [5.74, 6) is 1.51. The van der Waals surface area contributed by atoms with E-state index in [9.17, 15) is 4.79 Å². The summed E-state index contributed by atoms with van der Waals surface area (Å²) in [7, 11) is 0. The maximum absolute atomic E-state index is 12.3. The third-order valence-corrected chi connectivity index (χ3v) is 5.35. The van der Waals surface area contributed by atoms with Crippen LogP contribution in [0.1, 0.15) is 38.4 Å². The van der Waals surface area contributed by atoms with Crippen LogP contribution < -0.4 is 5.32 Å². The lowest BCUT2D eigenvalue weighted by Crippen LogP contribution is -2.28. The van der Waals surface area contributed by atoms with Crippen molar-refractivity contribution >= 4 is 33.6 Å². The first-order chi connectivity index (χ1) is 13.0. The van der Waals surface area contributed by atoms with Crippen molar-refractivity contribution in [3.05, 3.63) is 52.7 Å². The smallest absolute Gasteiger partial charge is 0.230 e. The number of hydrogen-bond acceptors (Lipinski definition) is 5. The van der Waals surface area contributed by atoms with Crippen LogP contribution in [0, 0.1) is 0 Å². The van der Waals surface area contributed by atoms with Crippen LogP contribution in [0.2, 0.25) is 0 Å². The molecule has 0 saturated heterocycles. The normalized spacial score (nSPS) is 12.3. The summed E-state index contributed by atoms with van der Waals surface area (Å²) in [5.41, 5.74) is 1.08. The van der Waals surface area contributed by atoms with Crippen molar-refractivity contribution in [2.75, 3.05) is 5.75 Å². The van der Waals surface area contributed by atoms with Crippen molar-refractivity contribution in [1.29, 1.82) is 0 Å². The van der Waals surface area contributed by atoms with E-state index in [1.54, 1.807) is 0 Å². The second kappa shape index (κ2) is 8.75. The second-order valence-electron chi connectivity index (χ2n) is 6.36. The minimum Gasteiger partial charge on any atom is -0.446 e. The van der Waals surface area contributed by atoms with Gasteiger partial charge in [-0.25, -0.2) is 0 Å². The van der Waals surface area contributed by atoms with Crippen molar-refractivity contribution < 1.29 is 9.21 Å². The molecule has 8 heteroatoms. The largest absolute Gasteiger partial charge is 0.446 e. The number of furan rings is 1. The lowest BCUT2D eigenvalue weighted by atomic mass is 10.1. The Morgan fingerprint density at radius 2 is 1.93 bits per heavy atom. The van der Waals surface area contributed by atoms with Gasteiger partial charge in [0.25, 0.3) is 0 Å². The first kappa shape index (κ1) is 19.7. The van der Waals surface area contributed by atoms with E-state index in [1.807, 2.05) is 67.8 Å². The zero-order valence-electron chi connectivity index (χ0n) is 15.3. The third-order valence-electron chi connectivity index (χ3n) is 3.98. The number of thioether (sulfide) groups is 1. The summed E-state index contributed by atoms with van der Waals surface area (Å²) in [6.07, 6.45) is 0. The lowest BCUT2D eigenvalue weighted by molar-refractivity contribution is -0.119. The van der Waals surface area contributed by atoms with E-state index in [-0.39, 0.29) is 23.7 Å². The summed E-state index contributed by atoms with van der Waals surface area (Å²) in [6.45, 7) is 6.07. The van der Waals surface area contributed by atoms with Crippen LogP contribution in [-0.4, -0.2) is 26.4 Å². The summed E-state index contributed by atoms with van der Waals surface area (Å²) in [6, 6.07) is 13.6. The van der Waals surface area contributed by atoms with Gasteiger partial charge in [-0.2, -0.15) is 0 Å². The van der Waals surface area contributed by atoms with Gasteiger partial charge >= 0.3 is 0 Å². The molecule has 0 radical (unpaired) electrons. The molecular formula is C19H21BrN4O2S. The van der Waals surface area contributed by atoms with Gasteiger partial charge < -0.3 is 9.73 Å². The molecule has 0 spiro atoms. The number of nitrogens with one attached hydrogen (secondary N) is 1. The van der Waals surface area contributed by atoms with E-state index in [4.69, 9.17) is 4.42 Å². The summed E-state index contributed by atoms with van der Waals surface area (Å²) < 4.78 is 8.22. The Morgan fingerprint density at radius 1 is 1.19 bits per heavy atom. The molecule has 1 aromatic carbocycles. The van der Waals surface area contributed by atoms with Crippen LogP contribution in [0.3, 0.4) is 0 Å². The minimum absolute atomic E-state index is 0.0432. The first-order valence-corrected chi connectivity index (χ1v) is 10.4. The quantitative estimate of drug-likeness (QED) is 0.522. The number of aromatic nitrogens is 3. The van der Waals surface area contributed by atoms with Gasteiger partial charge in [0.05, 0.1) is 11.8 Å². The molecule has 1 atom stereocenters. The molecule has 1 N–H and O–H groups in total. The fourth-order valence-corrected chi connectivity index (χ4v) is 3.87. The van der Waals surface area contributed by atoms with Gasteiger partial charge in [0.2, 0.25) is 11.7 Å². The van der Waals surface area contributed by atoms with E-state index < -0.39 is 0 Å². The molecule has 1 amide bonds. The molecule has 0 saturated carbocycles. The van der Waals surface area contributed by atoms with Crippen LogP contribution in [0.4, 0.5) is 0 Å². The Balaban J connectivity index is 1.67. The lowest BCUT2D eigenvalue weighted by Gasteiger charge is -2.15. The van der Waals surface area contributed by atoms with Crippen molar-refractivity contribution in [3.63, 3.8) is 0 Å². The van der Waals surface area contributed by atoms with Gasteiger partial charge in [0.15, 0.2) is 15.6 Å². The third kappa shape index (κ3) is 4.81. The molecule has 27 heavy (non-hydrogen) atoms. The highest BCUT2D eigenvalue weighted by Gasteiger charge is 2.20. The summed E-state index contributed by atoms with van der Waals surface area (Å²) in [5, 5.41) is 12.2. The van der Waals surface area contributed by atoms with E-state index in [2.05, 4.69) is 31.4 Å². The molecule has 0 aliphatic rings. The molecule has 2 heterocycles. The monoisotopic (exact) mass is 448 g/mol. The van der Waals surface area contributed by atoms with Gasteiger partial charge in [-0.1, -0.05) is 42.1 Å². The number of halogens is 1. The van der Waals surface area contributed by atoms with Crippen LogP contribution in [0.15, 0.2) is 56.7 Å². The summed E-state index contributed by atoms with van der Waals surface area (Å²) in [4.78, 5) is 12.3. The Morgan fingerprint density at radius 3 is 2.56 bits per heavy atom. The number of rotatable bonds is 7. The highest BCUT2D eigenvalue weighted by atomic mass is 79.9. The van der Waals surface area contributed by atoms with E-state index in [1.165, 1.54) is 11.8 Å². The number of hydrogen-bond donors (Lipinski definition) is 1. The zero-order chi connectivity index (χ0) is 19.4. The molecule has 0 bridgehead atoms. The van der Waals surface area contributed by atoms with Crippen molar-refractivity contribution in [2.24, 2.45) is 0 Å². The molecule has 6 nitrogen and oxygen atoms in total. The predicted octanol–water partition coefficient (Wildman–Crippen LogP) is 4.85. The second-order valence-corrected chi connectivity index (χ2v) is 8.09. The first-order valence-electron chi connectivity index (χ1n) is 8.63. The minimum atomic E-state index is -0.0445. The Hall–Kier alpha value is -2.06. The van der Waals surface area contributed by atoms with E-state index in [0.717, 1.165) is 5.56 Å². The molecular weight excluding hydrogens is 428 g/mol. The number of nitrogens with zero attached hydrogens (tertiary/aromatic N) is 3. The maximum Gasteiger partial charge on any atom is 0.230 e. The molecule has 3 aromatic rings. The molecule has 0 aliphatic heterocycles. The van der Waals surface area contributed by atoms with Gasteiger partial charge in [-0.05, 0) is 54.4 Å². The maximum atomic E-state index is 12.3. The Labute approximate surface area is 170 Å². The molecule has 1 unspecified atom stereocenters. The SMILES string of the molecule is CC(NC(=O)CSc1nnc(-c2ccc(Br)o2)n1C(C)C)c1ccccc1. The number of amides is 1. The van der Waals surface area contributed by atoms with Crippen LogP contribution in [0.5, 0.6) is 0 Å². The molecule has 3 rings (SSSR count). The van der Waals surface area contributed by atoms with Crippen molar-refractivity contribution in [1.82, 2.24) is 20.1 Å². The van der Waals surface area contributed by atoms with E-state index >= 15 is 0 Å². The standard InChI is InChI=1S/C19H21BrN4O2S/c1-12(2)24-18(15-9-10-16(20)26-15)22-23-19(24)27-11-17(25)21-13(3)14-7-5-4-6-8-14/h4-10,12-13H,11H2,1-3H3,(H,21,25). The topological polar surface area (TPSA) is 73.0 Å². The van der Waals surface area contributed by atoms with Gasteiger partial charge in [-0.15, -0.1) is 10.2 Å². The fourth-order valence-electron chi connectivity index (χ4n) is 2.68. The van der Waals surface area contributed by atoms with Gasteiger partial charge in [0.1, 0.15) is 0 Å². The Kier molecular flexibility index (Phi) is 6.38. The molecule has 0 aliphatic carbocycles. The van der Waals surface area contributed by atoms with Gasteiger partial charge in [-0.3, -0.25) is 9.36 Å². The Bertz CT molecular complexity index is 908. The number of carbonyl (C=O) groups excluding carboxylic acids is 1. The summed E-state index contributed by atoms with van der Waals surface area (Å²) >= 11 is 4.67. The fraction of sp³-hybridized carbons (Fsp3) is 0.316. The molecule has 142 valence electrons. The highest BCUT2D eigenvalue weighted by Crippen LogP contribution is 2.30. The van der Waals surface area contributed by atoms with Crippen molar-refractivity contribution in [2.45, 2.75) is 38.0 Å². The highest BCUT2D eigenvalue weighted by molar-refractivity contribution is 9.10. The number of benzene rings is 1. The van der Waals surface area contributed by atoms with Crippen molar-refractivity contribution in [3.8, 4) is 11.6 Å². The zero-order valence-corrected chi connectivity index (χ0v) is 17.8. The predicted molar refractivity (Wildman–Crippen MR) is 110 cm³/mol.